The summed E-state index contributed by atoms with van der Waals surface area (Å²) in [4.78, 5) is 6.99. The molecule has 28 heavy (non-hydrogen) atoms. The summed E-state index contributed by atoms with van der Waals surface area (Å²) >= 11 is 0. The maximum absolute atomic E-state index is 5.11. The van der Waals surface area contributed by atoms with Crippen LogP contribution in [0.15, 0.2) is 47.7 Å². The van der Waals surface area contributed by atoms with Gasteiger partial charge in [-0.05, 0) is 31.2 Å². The van der Waals surface area contributed by atoms with Crippen LogP contribution in [-0.4, -0.2) is 67.6 Å². The molecule has 0 fully saturated rings. The lowest BCUT2D eigenvalue weighted by atomic mass is 10.1. The fourth-order valence-corrected chi connectivity index (χ4v) is 2.66. The lowest BCUT2D eigenvalue weighted by Gasteiger charge is -2.18. The van der Waals surface area contributed by atoms with Crippen molar-refractivity contribution >= 4 is 29.9 Å². The van der Waals surface area contributed by atoms with E-state index in [0.717, 1.165) is 45.3 Å². The van der Waals surface area contributed by atoms with Gasteiger partial charge in [-0.2, -0.15) is 5.10 Å². The monoisotopic (exact) mass is 500 g/mol. The lowest BCUT2D eigenvalue weighted by Crippen LogP contribution is -2.41. The van der Waals surface area contributed by atoms with E-state index in [0.29, 0.717) is 6.54 Å². The van der Waals surface area contributed by atoms with E-state index >= 15 is 0 Å². The number of ether oxygens (including phenoxy) is 1. The third-order valence-electron chi connectivity index (χ3n) is 4.22. The predicted octanol–water partition coefficient (Wildman–Crippen LogP) is 2.18. The van der Waals surface area contributed by atoms with Crippen molar-refractivity contribution in [1.29, 1.82) is 0 Å². The number of aliphatic imine (C=N–C) groups is 1. The van der Waals surface area contributed by atoms with Gasteiger partial charge in [-0.25, -0.2) is 4.99 Å². The van der Waals surface area contributed by atoms with Crippen LogP contribution in [0.4, 0.5) is 0 Å². The van der Waals surface area contributed by atoms with Crippen LogP contribution >= 0.6 is 24.0 Å². The molecule has 0 unspecified atom stereocenters. The first-order chi connectivity index (χ1) is 13.2. The van der Waals surface area contributed by atoms with E-state index in [-0.39, 0.29) is 24.0 Å². The van der Waals surface area contributed by atoms with Crippen molar-refractivity contribution in [2.45, 2.75) is 20.0 Å². The van der Waals surface area contributed by atoms with Crippen molar-refractivity contribution in [3.63, 3.8) is 0 Å². The van der Waals surface area contributed by atoms with Gasteiger partial charge in [-0.3, -0.25) is 4.68 Å². The molecule has 0 bridgehead atoms. The fraction of sp³-hybridized carbons (Fsp3) is 0.500. The van der Waals surface area contributed by atoms with Crippen molar-refractivity contribution in [3.05, 3.63) is 53.9 Å². The fourth-order valence-electron chi connectivity index (χ4n) is 2.66. The highest BCUT2D eigenvalue weighted by Gasteiger charge is 2.04. The zero-order chi connectivity index (χ0) is 19.3. The number of methoxy groups -OCH3 is 1. The summed E-state index contributed by atoms with van der Waals surface area (Å²) in [5, 5.41) is 11.0. The van der Waals surface area contributed by atoms with Gasteiger partial charge in [-0.1, -0.05) is 24.3 Å². The molecule has 2 aromatic rings. The van der Waals surface area contributed by atoms with Crippen LogP contribution in [0.25, 0.3) is 0 Å². The number of likely N-dealkylation sites (N-methyl/N-ethyl adjacent to an activating group) is 1. The van der Waals surface area contributed by atoms with Gasteiger partial charge in [0.05, 0.1) is 19.7 Å². The van der Waals surface area contributed by atoms with Gasteiger partial charge in [0.1, 0.15) is 0 Å². The molecule has 0 amide bonds. The van der Waals surface area contributed by atoms with Crippen LogP contribution in [0.5, 0.6) is 0 Å². The van der Waals surface area contributed by atoms with Crippen molar-refractivity contribution in [3.8, 4) is 0 Å². The second-order valence-corrected chi connectivity index (χ2v) is 6.39. The Hall–Kier alpha value is -1.65. The Bertz CT molecular complexity index is 677. The molecule has 0 radical (unpaired) electrons. The average molecular weight is 500 g/mol. The molecule has 1 aromatic carbocycles. The van der Waals surface area contributed by atoms with E-state index < -0.39 is 0 Å². The Morgan fingerprint density at radius 2 is 1.96 bits per heavy atom. The number of nitrogens with zero attached hydrogens (tertiary/aromatic N) is 4. The Morgan fingerprint density at radius 3 is 2.64 bits per heavy atom. The second kappa shape index (κ2) is 14.4. The normalized spacial score (nSPS) is 11.4. The molecule has 1 heterocycles. The van der Waals surface area contributed by atoms with Gasteiger partial charge in [0, 0.05) is 45.7 Å². The number of hydrogen-bond acceptors (Lipinski definition) is 4. The van der Waals surface area contributed by atoms with Crippen molar-refractivity contribution in [2.24, 2.45) is 4.99 Å². The molecule has 2 rings (SSSR count). The smallest absolute Gasteiger partial charge is 0.191 e. The number of guanidine groups is 1. The second-order valence-electron chi connectivity index (χ2n) is 6.39. The van der Waals surface area contributed by atoms with Crippen LogP contribution in [0, 0.1) is 0 Å². The van der Waals surface area contributed by atoms with Crippen molar-refractivity contribution in [1.82, 2.24) is 25.3 Å². The van der Waals surface area contributed by atoms with Crippen molar-refractivity contribution < 1.29 is 4.74 Å². The topological polar surface area (TPSA) is 66.7 Å². The molecular weight excluding hydrogens is 467 g/mol. The number of halogens is 1. The van der Waals surface area contributed by atoms with Gasteiger partial charge in [0.2, 0.25) is 0 Å². The summed E-state index contributed by atoms with van der Waals surface area (Å²) in [6.45, 7) is 7.74. The van der Waals surface area contributed by atoms with Crippen molar-refractivity contribution in [2.75, 3.05) is 46.9 Å². The molecule has 0 atom stereocenters. The molecule has 2 N–H and O–H groups in total. The quantitative estimate of drug-likeness (QED) is 0.282. The van der Waals surface area contributed by atoms with Gasteiger partial charge in [0.25, 0.3) is 0 Å². The maximum Gasteiger partial charge on any atom is 0.191 e. The van der Waals surface area contributed by atoms with Crippen LogP contribution in [-0.2, 0) is 17.8 Å². The molecule has 1 aromatic heterocycles. The Balaban J connectivity index is 0.00000392. The molecule has 0 saturated carbocycles. The molecule has 0 aliphatic rings. The van der Waals surface area contributed by atoms with E-state index in [1.165, 1.54) is 11.1 Å². The van der Waals surface area contributed by atoms with E-state index in [1.54, 1.807) is 13.3 Å². The first-order valence-electron chi connectivity index (χ1n) is 9.46. The van der Waals surface area contributed by atoms with Gasteiger partial charge in [0.15, 0.2) is 5.96 Å². The van der Waals surface area contributed by atoms with Gasteiger partial charge >= 0.3 is 0 Å². The summed E-state index contributed by atoms with van der Waals surface area (Å²) in [5.41, 5.74) is 2.45. The molecule has 0 saturated heterocycles. The lowest BCUT2D eigenvalue weighted by molar-refractivity contribution is 0.162. The number of hydrogen-bond donors (Lipinski definition) is 2. The molecule has 0 aliphatic carbocycles. The SMILES string of the molecule is CCNC(=NCc1ccccc1Cn1cccn1)NCCN(C)CCOC.I. The number of rotatable bonds is 11. The molecule has 0 spiro atoms. The molecule has 8 heteroatoms. The number of aromatic nitrogens is 2. The zero-order valence-corrected chi connectivity index (χ0v) is 19.4. The molecule has 156 valence electrons. The van der Waals surface area contributed by atoms with Gasteiger partial charge < -0.3 is 20.3 Å². The minimum absolute atomic E-state index is 0. The number of benzene rings is 1. The zero-order valence-electron chi connectivity index (χ0n) is 17.1. The first kappa shape index (κ1) is 24.4. The van der Waals surface area contributed by atoms with Crippen LogP contribution in [0.3, 0.4) is 0 Å². The molecular formula is C20H33IN6O. The van der Waals surface area contributed by atoms with E-state index in [1.807, 2.05) is 16.9 Å². The summed E-state index contributed by atoms with van der Waals surface area (Å²) in [5.74, 6) is 0.839. The Kier molecular flexibility index (Phi) is 12.5. The summed E-state index contributed by atoms with van der Waals surface area (Å²) in [7, 11) is 3.82. The molecule has 7 nitrogen and oxygen atoms in total. The van der Waals surface area contributed by atoms with Crippen LogP contribution < -0.4 is 10.6 Å². The highest BCUT2D eigenvalue weighted by molar-refractivity contribution is 14.0. The first-order valence-corrected chi connectivity index (χ1v) is 9.46. The predicted molar refractivity (Wildman–Crippen MR) is 125 cm³/mol. The highest BCUT2D eigenvalue weighted by Crippen LogP contribution is 2.11. The summed E-state index contributed by atoms with van der Waals surface area (Å²) in [6, 6.07) is 10.3. The minimum Gasteiger partial charge on any atom is -0.383 e. The average Bonchev–Trinajstić information content (AvgIpc) is 3.18. The van der Waals surface area contributed by atoms with Crippen LogP contribution in [0.2, 0.25) is 0 Å². The number of nitrogens with one attached hydrogen (secondary N) is 2. The Morgan fingerprint density at radius 1 is 1.18 bits per heavy atom. The standard InChI is InChI=1S/C20H32N6O.HI/c1-4-21-20(22-11-13-25(2)14-15-27-3)23-16-18-8-5-6-9-19(18)17-26-12-7-10-24-26;/h5-10,12H,4,11,13-17H2,1-3H3,(H2,21,22,23);1H. The van der Waals surface area contributed by atoms with Gasteiger partial charge in [-0.15, -0.1) is 24.0 Å². The van der Waals surface area contributed by atoms with E-state index in [4.69, 9.17) is 9.73 Å². The maximum atomic E-state index is 5.11. The Labute approximate surface area is 185 Å². The van der Waals surface area contributed by atoms with E-state index in [9.17, 15) is 0 Å². The molecule has 0 aliphatic heterocycles. The van der Waals surface area contributed by atoms with Crippen LogP contribution in [0.1, 0.15) is 18.1 Å². The third-order valence-corrected chi connectivity index (χ3v) is 4.22. The third kappa shape index (κ3) is 9.03. The van der Waals surface area contributed by atoms with E-state index in [2.05, 4.69) is 58.9 Å². The highest BCUT2D eigenvalue weighted by atomic mass is 127. The minimum atomic E-state index is 0. The summed E-state index contributed by atoms with van der Waals surface area (Å²) < 4.78 is 7.04. The summed E-state index contributed by atoms with van der Waals surface area (Å²) in [6.07, 6.45) is 3.78. The largest absolute Gasteiger partial charge is 0.383 e.